The van der Waals surface area contributed by atoms with Crippen LogP contribution < -0.4 is 4.74 Å². The number of rotatable bonds is 5. The van der Waals surface area contributed by atoms with E-state index in [1.165, 1.54) is 38.4 Å². The third-order valence-electron chi connectivity index (χ3n) is 4.04. The lowest BCUT2D eigenvalue weighted by Crippen LogP contribution is -2.22. The van der Waals surface area contributed by atoms with Gasteiger partial charge in [-0.2, -0.15) is 0 Å². The molecule has 0 saturated carbocycles. The fraction of sp³-hybridized carbons (Fsp3) is 0.0952. The van der Waals surface area contributed by atoms with Crippen LogP contribution in [0.2, 0.25) is 0 Å². The van der Waals surface area contributed by atoms with Crippen LogP contribution in [-0.2, 0) is 10.0 Å². The fourth-order valence-corrected chi connectivity index (χ4v) is 3.39. The molecule has 0 amide bonds. The lowest BCUT2D eigenvalue weighted by Gasteiger charge is -2.11. The molecule has 3 rings (SSSR count). The maximum Gasteiger partial charge on any atom is 0.343 e. The van der Waals surface area contributed by atoms with Crippen molar-refractivity contribution in [2.24, 2.45) is 0 Å². The molecule has 0 fully saturated rings. The molecule has 6 heteroatoms. The van der Waals surface area contributed by atoms with E-state index >= 15 is 0 Å². The Kier molecular flexibility index (Phi) is 5.39. The van der Waals surface area contributed by atoms with E-state index in [4.69, 9.17) is 4.74 Å². The molecule has 138 valence electrons. The van der Waals surface area contributed by atoms with Gasteiger partial charge in [-0.05, 0) is 47.5 Å². The largest absolute Gasteiger partial charge is 0.423 e. The van der Waals surface area contributed by atoms with Crippen molar-refractivity contribution in [2.75, 3.05) is 14.1 Å². The summed E-state index contributed by atoms with van der Waals surface area (Å²) in [6.07, 6.45) is 0. The van der Waals surface area contributed by atoms with Crippen molar-refractivity contribution in [1.29, 1.82) is 0 Å². The van der Waals surface area contributed by atoms with Gasteiger partial charge in [0.05, 0.1) is 10.5 Å². The first-order valence-corrected chi connectivity index (χ1v) is 9.72. The molecule has 0 aromatic heterocycles. The average molecular weight is 381 g/mol. The normalized spacial score (nSPS) is 11.4. The minimum absolute atomic E-state index is 0.122. The molecule has 0 bridgehead atoms. The van der Waals surface area contributed by atoms with E-state index < -0.39 is 16.0 Å². The quantitative estimate of drug-likeness (QED) is 0.498. The summed E-state index contributed by atoms with van der Waals surface area (Å²) >= 11 is 0. The van der Waals surface area contributed by atoms with Crippen LogP contribution in [0.5, 0.6) is 5.75 Å². The molecular weight excluding hydrogens is 362 g/mol. The first-order chi connectivity index (χ1) is 12.9. The summed E-state index contributed by atoms with van der Waals surface area (Å²) < 4.78 is 30.6. The number of esters is 1. The Morgan fingerprint density at radius 2 is 1.33 bits per heavy atom. The van der Waals surface area contributed by atoms with Crippen LogP contribution in [0, 0.1) is 0 Å². The van der Waals surface area contributed by atoms with Gasteiger partial charge in [0.25, 0.3) is 0 Å². The smallest absolute Gasteiger partial charge is 0.343 e. The van der Waals surface area contributed by atoms with E-state index in [2.05, 4.69) is 0 Å². The van der Waals surface area contributed by atoms with Gasteiger partial charge in [-0.25, -0.2) is 17.5 Å². The summed E-state index contributed by atoms with van der Waals surface area (Å²) in [5.41, 5.74) is 2.38. The van der Waals surface area contributed by atoms with Gasteiger partial charge in [-0.15, -0.1) is 0 Å². The van der Waals surface area contributed by atoms with Gasteiger partial charge < -0.3 is 4.74 Å². The highest BCUT2D eigenvalue weighted by molar-refractivity contribution is 7.89. The summed E-state index contributed by atoms with van der Waals surface area (Å²) in [6.45, 7) is 0. The second kappa shape index (κ2) is 7.73. The number of hydrogen-bond acceptors (Lipinski definition) is 4. The fourth-order valence-electron chi connectivity index (χ4n) is 2.49. The van der Waals surface area contributed by atoms with E-state index in [9.17, 15) is 13.2 Å². The maximum absolute atomic E-state index is 12.3. The molecule has 5 nitrogen and oxygen atoms in total. The van der Waals surface area contributed by atoms with Gasteiger partial charge in [0.15, 0.2) is 0 Å². The molecule has 0 N–H and O–H groups in total. The Bertz CT molecular complexity index is 1030. The number of hydrogen-bond donors (Lipinski definition) is 0. The monoisotopic (exact) mass is 381 g/mol. The maximum atomic E-state index is 12.3. The second-order valence-corrected chi connectivity index (χ2v) is 8.24. The van der Waals surface area contributed by atoms with Crippen LogP contribution in [0.3, 0.4) is 0 Å². The summed E-state index contributed by atoms with van der Waals surface area (Å²) in [5, 5.41) is 0. The number of carbonyl (C=O) groups excluding carboxylic acids is 1. The van der Waals surface area contributed by atoms with Crippen LogP contribution in [0.1, 0.15) is 10.4 Å². The second-order valence-electron chi connectivity index (χ2n) is 6.09. The highest BCUT2D eigenvalue weighted by atomic mass is 32.2. The van der Waals surface area contributed by atoms with Crippen molar-refractivity contribution in [3.63, 3.8) is 0 Å². The van der Waals surface area contributed by atoms with Crippen molar-refractivity contribution in [1.82, 2.24) is 4.31 Å². The molecule has 0 radical (unpaired) electrons. The zero-order valence-electron chi connectivity index (χ0n) is 15.0. The molecule has 0 spiro atoms. The first-order valence-electron chi connectivity index (χ1n) is 8.28. The molecule has 0 aliphatic heterocycles. The molecule has 0 aliphatic rings. The van der Waals surface area contributed by atoms with Gasteiger partial charge in [0.2, 0.25) is 10.0 Å². The van der Waals surface area contributed by atoms with E-state index in [1.807, 2.05) is 42.5 Å². The zero-order valence-corrected chi connectivity index (χ0v) is 15.8. The highest BCUT2D eigenvalue weighted by Crippen LogP contribution is 2.23. The Morgan fingerprint density at radius 3 is 1.89 bits per heavy atom. The van der Waals surface area contributed by atoms with E-state index in [0.29, 0.717) is 5.75 Å². The Hall–Kier alpha value is -2.96. The van der Waals surface area contributed by atoms with Gasteiger partial charge in [-0.3, -0.25) is 0 Å². The lowest BCUT2D eigenvalue weighted by molar-refractivity contribution is 0.0734. The Labute approximate surface area is 158 Å². The number of benzene rings is 3. The predicted octanol–water partition coefficient (Wildman–Crippen LogP) is 3.82. The molecule has 27 heavy (non-hydrogen) atoms. The minimum atomic E-state index is -3.53. The van der Waals surface area contributed by atoms with Gasteiger partial charge >= 0.3 is 5.97 Å². The summed E-state index contributed by atoms with van der Waals surface area (Å²) in [7, 11) is -0.618. The summed E-state index contributed by atoms with van der Waals surface area (Å²) in [6, 6.07) is 22.8. The van der Waals surface area contributed by atoms with Crippen molar-refractivity contribution in [3.05, 3.63) is 84.4 Å². The average Bonchev–Trinajstić information content (AvgIpc) is 2.69. The van der Waals surface area contributed by atoms with Gasteiger partial charge in [0.1, 0.15) is 5.75 Å². The molecule has 0 atom stereocenters. The first kappa shape index (κ1) is 18.8. The Balaban J connectivity index is 1.72. The van der Waals surface area contributed by atoms with Crippen molar-refractivity contribution < 1.29 is 17.9 Å². The molecule has 0 heterocycles. The third kappa shape index (κ3) is 4.24. The zero-order chi connectivity index (χ0) is 19.4. The molecule has 3 aromatic carbocycles. The van der Waals surface area contributed by atoms with E-state index in [0.717, 1.165) is 15.4 Å². The van der Waals surface area contributed by atoms with Crippen molar-refractivity contribution >= 4 is 16.0 Å². The Morgan fingerprint density at radius 1 is 0.778 bits per heavy atom. The standard InChI is InChI=1S/C21H19NO4S/c1-22(2)27(24,25)20-14-10-18(11-15-20)21(23)26-19-12-8-17(9-13-19)16-6-4-3-5-7-16/h3-15H,1-2H3. The van der Waals surface area contributed by atoms with E-state index in [-0.39, 0.29) is 10.5 Å². The molecular formula is C21H19NO4S. The summed E-state index contributed by atoms with van der Waals surface area (Å²) in [4.78, 5) is 12.4. The van der Waals surface area contributed by atoms with Crippen LogP contribution in [0.15, 0.2) is 83.8 Å². The number of carbonyl (C=O) groups is 1. The van der Waals surface area contributed by atoms with Crippen LogP contribution in [0.25, 0.3) is 11.1 Å². The number of nitrogens with zero attached hydrogens (tertiary/aromatic N) is 1. The summed E-state index contributed by atoms with van der Waals surface area (Å²) in [5.74, 6) is -0.124. The molecule has 0 aliphatic carbocycles. The van der Waals surface area contributed by atoms with Gasteiger partial charge in [0, 0.05) is 14.1 Å². The van der Waals surface area contributed by atoms with Gasteiger partial charge in [-0.1, -0.05) is 42.5 Å². The number of ether oxygens (including phenoxy) is 1. The minimum Gasteiger partial charge on any atom is -0.423 e. The number of sulfonamides is 1. The topological polar surface area (TPSA) is 63.7 Å². The van der Waals surface area contributed by atoms with Crippen molar-refractivity contribution in [3.8, 4) is 16.9 Å². The molecule has 0 saturated heterocycles. The third-order valence-corrected chi connectivity index (χ3v) is 5.87. The van der Waals surface area contributed by atoms with Crippen LogP contribution in [0.4, 0.5) is 0 Å². The van der Waals surface area contributed by atoms with Crippen LogP contribution in [-0.4, -0.2) is 32.8 Å². The van der Waals surface area contributed by atoms with Crippen LogP contribution >= 0.6 is 0 Å². The lowest BCUT2D eigenvalue weighted by atomic mass is 10.1. The predicted molar refractivity (Wildman–Crippen MR) is 104 cm³/mol. The molecule has 0 unspecified atom stereocenters. The highest BCUT2D eigenvalue weighted by Gasteiger charge is 2.18. The SMILES string of the molecule is CN(C)S(=O)(=O)c1ccc(C(=O)Oc2ccc(-c3ccccc3)cc2)cc1. The van der Waals surface area contributed by atoms with E-state index in [1.54, 1.807) is 12.1 Å². The van der Waals surface area contributed by atoms with Crippen molar-refractivity contribution in [2.45, 2.75) is 4.90 Å². The molecule has 3 aromatic rings.